The van der Waals surface area contributed by atoms with E-state index in [2.05, 4.69) is 25.3 Å². The molecule has 0 atom stereocenters. The topological polar surface area (TPSA) is 72.8 Å². The number of hydrogen-bond donors (Lipinski definition) is 1. The van der Waals surface area contributed by atoms with Crippen molar-refractivity contribution < 1.29 is 4.74 Å². The van der Waals surface area contributed by atoms with Gasteiger partial charge in [-0.2, -0.15) is 15.0 Å². The minimum absolute atomic E-state index is 0.372. The van der Waals surface area contributed by atoms with Gasteiger partial charge in [0.15, 0.2) is 0 Å². The first-order chi connectivity index (χ1) is 9.81. The van der Waals surface area contributed by atoms with Crippen molar-refractivity contribution in [3.63, 3.8) is 0 Å². The van der Waals surface area contributed by atoms with Crippen LogP contribution in [0, 0.1) is 0 Å². The zero-order chi connectivity index (χ0) is 14.2. The molecule has 0 bridgehead atoms. The van der Waals surface area contributed by atoms with Crippen molar-refractivity contribution in [1.29, 1.82) is 0 Å². The summed E-state index contributed by atoms with van der Waals surface area (Å²) in [4.78, 5) is 17.0. The van der Waals surface area contributed by atoms with Crippen LogP contribution in [0.1, 0.15) is 31.7 Å². The van der Waals surface area contributed by atoms with E-state index in [1.54, 1.807) is 6.20 Å². The molecule has 0 amide bonds. The van der Waals surface area contributed by atoms with E-state index in [4.69, 9.17) is 4.74 Å². The lowest BCUT2D eigenvalue weighted by Gasteiger charge is -2.08. The van der Waals surface area contributed by atoms with E-state index in [1.165, 1.54) is 0 Å². The third-order valence-corrected chi connectivity index (χ3v) is 2.52. The molecule has 1 N–H and O–H groups in total. The Morgan fingerprint density at radius 3 is 2.80 bits per heavy atom. The Hall–Kier alpha value is -2.24. The normalized spacial score (nSPS) is 10.3. The third kappa shape index (κ3) is 4.15. The van der Waals surface area contributed by atoms with Crippen LogP contribution in [0.5, 0.6) is 6.01 Å². The maximum Gasteiger partial charge on any atom is 0.321 e. The van der Waals surface area contributed by atoms with E-state index in [9.17, 15) is 0 Å². The Morgan fingerprint density at radius 1 is 1.20 bits per heavy atom. The molecular formula is C14H19N5O. The highest BCUT2D eigenvalue weighted by Gasteiger charge is 2.08. The number of aromatic nitrogens is 4. The molecule has 20 heavy (non-hydrogen) atoms. The van der Waals surface area contributed by atoms with E-state index in [0.29, 0.717) is 30.8 Å². The van der Waals surface area contributed by atoms with E-state index in [0.717, 1.165) is 18.5 Å². The second kappa shape index (κ2) is 7.37. The highest BCUT2D eigenvalue weighted by molar-refractivity contribution is 5.27. The van der Waals surface area contributed by atoms with Gasteiger partial charge < -0.3 is 10.1 Å². The van der Waals surface area contributed by atoms with Gasteiger partial charge in [-0.15, -0.1) is 0 Å². The summed E-state index contributed by atoms with van der Waals surface area (Å²) in [5.41, 5.74) is 1.06. The number of nitrogens with zero attached hydrogens (tertiary/aromatic N) is 4. The van der Waals surface area contributed by atoms with Crippen LogP contribution in [0.2, 0.25) is 0 Å². The molecular weight excluding hydrogens is 254 g/mol. The van der Waals surface area contributed by atoms with Crippen molar-refractivity contribution in [2.45, 2.75) is 26.7 Å². The SMILES string of the molecule is CCCOc1nc(Cc2cccnc2)nc(NCC)n1. The maximum absolute atomic E-state index is 5.50. The van der Waals surface area contributed by atoms with E-state index >= 15 is 0 Å². The van der Waals surface area contributed by atoms with Crippen LogP contribution < -0.4 is 10.1 Å². The molecule has 0 aliphatic rings. The Bertz CT molecular complexity index is 532. The van der Waals surface area contributed by atoms with Crippen molar-refractivity contribution in [2.75, 3.05) is 18.5 Å². The Morgan fingerprint density at radius 2 is 2.10 bits per heavy atom. The molecule has 2 aromatic heterocycles. The molecule has 0 saturated heterocycles. The summed E-state index contributed by atoms with van der Waals surface area (Å²) in [6.07, 6.45) is 5.08. The molecule has 6 nitrogen and oxygen atoms in total. The smallest absolute Gasteiger partial charge is 0.321 e. The maximum atomic E-state index is 5.50. The standard InChI is InChI=1S/C14H19N5O/c1-3-8-20-14-18-12(17-13(19-14)16-4-2)9-11-6-5-7-15-10-11/h5-7,10H,3-4,8-9H2,1-2H3,(H,16,17,18,19). The average molecular weight is 273 g/mol. The Balaban J connectivity index is 2.19. The number of anilines is 1. The van der Waals surface area contributed by atoms with E-state index in [-0.39, 0.29) is 0 Å². The van der Waals surface area contributed by atoms with Crippen molar-refractivity contribution in [3.8, 4) is 6.01 Å². The van der Waals surface area contributed by atoms with Crippen LogP contribution in [0.4, 0.5) is 5.95 Å². The molecule has 0 aliphatic carbocycles. The van der Waals surface area contributed by atoms with Crippen molar-refractivity contribution >= 4 is 5.95 Å². The number of ether oxygens (including phenoxy) is 1. The molecule has 2 rings (SSSR count). The second-order valence-electron chi connectivity index (χ2n) is 4.27. The van der Waals surface area contributed by atoms with E-state index < -0.39 is 0 Å². The summed E-state index contributed by atoms with van der Waals surface area (Å²) in [5.74, 6) is 1.22. The van der Waals surface area contributed by atoms with Crippen LogP contribution in [-0.4, -0.2) is 33.1 Å². The zero-order valence-electron chi connectivity index (χ0n) is 11.8. The van der Waals surface area contributed by atoms with Crippen LogP contribution in [0.25, 0.3) is 0 Å². The monoisotopic (exact) mass is 273 g/mol. The number of nitrogens with one attached hydrogen (secondary N) is 1. The van der Waals surface area contributed by atoms with Crippen LogP contribution >= 0.6 is 0 Å². The summed E-state index contributed by atoms with van der Waals surface area (Å²) in [6.45, 7) is 5.39. The fourth-order valence-electron chi connectivity index (χ4n) is 1.66. The molecule has 0 unspecified atom stereocenters. The quantitative estimate of drug-likeness (QED) is 0.832. The summed E-state index contributed by atoms with van der Waals surface area (Å²) >= 11 is 0. The largest absolute Gasteiger partial charge is 0.463 e. The van der Waals surface area contributed by atoms with Crippen molar-refractivity contribution in [3.05, 3.63) is 35.9 Å². The number of pyridine rings is 1. The molecule has 106 valence electrons. The fourth-order valence-corrected chi connectivity index (χ4v) is 1.66. The number of hydrogen-bond acceptors (Lipinski definition) is 6. The van der Waals surface area contributed by atoms with Gasteiger partial charge in [0.2, 0.25) is 5.95 Å². The molecule has 0 fully saturated rings. The summed E-state index contributed by atoms with van der Waals surface area (Å²) in [6, 6.07) is 4.27. The molecule has 0 aliphatic heterocycles. The van der Waals surface area contributed by atoms with Crippen molar-refractivity contribution in [2.24, 2.45) is 0 Å². The lowest BCUT2D eigenvalue weighted by atomic mass is 10.2. The Kier molecular flexibility index (Phi) is 5.23. The van der Waals surface area contributed by atoms with Gasteiger partial charge in [-0.05, 0) is 25.0 Å². The third-order valence-electron chi connectivity index (χ3n) is 2.52. The van der Waals surface area contributed by atoms with Gasteiger partial charge >= 0.3 is 6.01 Å². The fraction of sp³-hybridized carbons (Fsp3) is 0.429. The molecule has 0 radical (unpaired) electrons. The predicted molar refractivity (Wildman–Crippen MR) is 76.8 cm³/mol. The molecule has 2 aromatic rings. The second-order valence-corrected chi connectivity index (χ2v) is 4.27. The van der Waals surface area contributed by atoms with Gasteiger partial charge in [-0.3, -0.25) is 4.98 Å². The highest BCUT2D eigenvalue weighted by Crippen LogP contribution is 2.11. The molecule has 6 heteroatoms. The first-order valence-electron chi connectivity index (χ1n) is 6.82. The summed E-state index contributed by atoms with van der Waals surface area (Å²) in [7, 11) is 0. The molecule has 0 aromatic carbocycles. The first-order valence-corrected chi connectivity index (χ1v) is 6.82. The van der Waals surface area contributed by atoms with Gasteiger partial charge in [-0.1, -0.05) is 13.0 Å². The van der Waals surface area contributed by atoms with Gasteiger partial charge in [0.1, 0.15) is 5.82 Å². The zero-order valence-corrected chi connectivity index (χ0v) is 11.8. The first kappa shape index (κ1) is 14.2. The van der Waals surface area contributed by atoms with Crippen LogP contribution in [0.15, 0.2) is 24.5 Å². The van der Waals surface area contributed by atoms with Crippen LogP contribution in [0.3, 0.4) is 0 Å². The molecule has 0 spiro atoms. The van der Waals surface area contributed by atoms with Crippen molar-refractivity contribution in [1.82, 2.24) is 19.9 Å². The van der Waals surface area contributed by atoms with Crippen LogP contribution in [-0.2, 0) is 6.42 Å². The molecule has 2 heterocycles. The van der Waals surface area contributed by atoms with Gasteiger partial charge in [0.25, 0.3) is 0 Å². The average Bonchev–Trinajstić information content (AvgIpc) is 2.46. The van der Waals surface area contributed by atoms with Gasteiger partial charge in [0.05, 0.1) is 6.61 Å². The van der Waals surface area contributed by atoms with Gasteiger partial charge in [-0.25, -0.2) is 0 Å². The Labute approximate surface area is 118 Å². The van der Waals surface area contributed by atoms with Gasteiger partial charge in [0, 0.05) is 25.4 Å². The number of rotatable bonds is 7. The van der Waals surface area contributed by atoms with E-state index in [1.807, 2.05) is 32.2 Å². The predicted octanol–water partition coefficient (Wildman–Crippen LogP) is 2.08. The summed E-state index contributed by atoms with van der Waals surface area (Å²) in [5, 5.41) is 3.09. The lowest BCUT2D eigenvalue weighted by molar-refractivity contribution is 0.290. The highest BCUT2D eigenvalue weighted by atomic mass is 16.5. The molecule has 0 saturated carbocycles. The minimum atomic E-state index is 0.372. The summed E-state index contributed by atoms with van der Waals surface area (Å²) < 4.78 is 5.50. The lowest BCUT2D eigenvalue weighted by Crippen LogP contribution is -2.10. The minimum Gasteiger partial charge on any atom is -0.463 e.